The van der Waals surface area contributed by atoms with E-state index in [4.69, 9.17) is 9.47 Å². The van der Waals surface area contributed by atoms with Gasteiger partial charge in [-0.05, 0) is 15.9 Å². The van der Waals surface area contributed by atoms with Crippen molar-refractivity contribution in [2.24, 2.45) is 14.1 Å². The van der Waals surface area contributed by atoms with Crippen LogP contribution < -0.4 is 26.0 Å². The van der Waals surface area contributed by atoms with Gasteiger partial charge in [-0.1, -0.05) is 0 Å². The van der Waals surface area contributed by atoms with E-state index in [-0.39, 0.29) is 11.4 Å². The molecule has 0 amide bonds. The predicted octanol–water partition coefficient (Wildman–Crippen LogP) is 1.48. The van der Waals surface area contributed by atoms with E-state index in [0.29, 0.717) is 21.7 Å². The molecular weight excluding hydrogens is 380 g/mol. The van der Waals surface area contributed by atoms with E-state index in [1.54, 1.807) is 12.1 Å². The monoisotopic (exact) mass is 394 g/mol. The number of ether oxygens (including phenoxy) is 2. The number of nitriles is 1. The Labute approximate surface area is 146 Å². The summed E-state index contributed by atoms with van der Waals surface area (Å²) in [5.41, 5.74) is -0.885. The zero-order valence-corrected chi connectivity index (χ0v) is 15.1. The molecule has 0 aliphatic carbocycles. The van der Waals surface area contributed by atoms with Crippen LogP contribution in [-0.2, 0) is 14.1 Å². The number of hydrogen-bond acceptors (Lipinski definition) is 6. The van der Waals surface area contributed by atoms with E-state index in [2.05, 4.69) is 21.2 Å². The number of nitrogens with one attached hydrogen (secondary N) is 1. The average molecular weight is 395 g/mol. The van der Waals surface area contributed by atoms with Crippen molar-refractivity contribution >= 4 is 27.4 Å². The minimum Gasteiger partial charge on any atom is -0.495 e. The van der Waals surface area contributed by atoms with E-state index in [0.717, 1.165) is 4.57 Å². The first-order valence-corrected chi connectivity index (χ1v) is 7.53. The Kier molecular flexibility index (Phi) is 4.99. The van der Waals surface area contributed by atoms with Gasteiger partial charge in [0.15, 0.2) is 5.56 Å². The van der Waals surface area contributed by atoms with Crippen LogP contribution in [0.3, 0.4) is 0 Å². The fourth-order valence-corrected chi connectivity index (χ4v) is 2.72. The normalized spacial score (nSPS) is 10.2. The molecule has 0 saturated heterocycles. The van der Waals surface area contributed by atoms with Gasteiger partial charge in [0.25, 0.3) is 5.56 Å². The lowest BCUT2D eigenvalue weighted by Crippen LogP contribution is -2.39. The minimum atomic E-state index is -0.667. The third-order valence-corrected chi connectivity index (χ3v) is 4.27. The van der Waals surface area contributed by atoms with Gasteiger partial charge in [-0.15, -0.1) is 0 Å². The SMILES string of the molecule is COc1cc(Nc2c(C#N)c(=O)n(C)c(=O)n2C)cc(OC)c1Br. The molecule has 0 fully saturated rings. The summed E-state index contributed by atoms with van der Waals surface area (Å²) in [6.07, 6.45) is 0. The number of halogens is 1. The number of anilines is 2. The number of benzene rings is 1. The van der Waals surface area contributed by atoms with Crippen LogP contribution in [0.4, 0.5) is 11.5 Å². The first-order chi connectivity index (χ1) is 11.3. The molecule has 0 bridgehead atoms. The van der Waals surface area contributed by atoms with E-state index in [1.807, 2.05) is 6.07 Å². The molecule has 24 heavy (non-hydrogen) atoms. The van der Waals surface area contributed by atoms with Crippen LogP contribution in [0.2, 0.25) is 0 Å². The first kappa shape index (κ1) is 17.6. The Morgan fingerprint density at radius 2 is 1.67 bits per heavy atom. The molecule has 1 N–H and O–H groups in total. The van der Waals surface area contributed by atoms with E-state index in [1.165, 1.54) is 32.9 Å². The molecule has 2 rings (SSSR count). The van der Waals surface area contributed by atoms with Crippen LogP contribution in [0.5, 0.6) is 11.5 Å². The van der Waals surface area contributed by atoms with Crippen molar-refractivity contribution < 1.29 is 9.47 Å². The summed E-state index contributed by atoms with van der Waals surface area (Å²) in [6.45, 7) is 0. The molecular formula is C15H15BrN4O4. The molecule has 1 aromatic heterocycles. The molecule has 9 heteroatoms. The second kappa shape index (κ2) is 6.80. The Morgan fingerprint density at radius 1 is 1.12 bits per heavy atom. The summed E-state index contributed by atoms with van der Waals surface area (Å²) in [5, 5.41) is 12.2. The molecule has 0 saturated carbocycles. The standard InChI is InChI=1S/C15H15BrN4O4/c1-19-13(9(7-17)14(21)20(2)15(19)22)18-8-5-10(23-3)12(16)11(6-8)24-4/h5-6,18H,1-4H3. The van der Waals surface area contributed by atoms with Gasteiger partial charge in [0, 0.05) is 31.9 Å². The molecule has 126 valence electrons. The van der Waals surface area contributed by atoms with Crippen LogP contribution in [-0.4, -0.2) is 23.4 Å². The summed E-state index contributed by atoms with van der Waals surface area (Å²) < 4.78 is 13.2. The van der Waals surface area contributed by atoms with Crippen molar-refractivity contribution in [2.75, 3.05) is 19.5 Å². The highest BCUT2D eigenvalue weighted by atomic mass is 79.9. The third-order valence-electron chi connectivity index (χ3n) is 3.48. The number of aromatic nitrogens is 2. The summed E-state index contributed by atoms with van der Waals surface area (Å²) in [4.78, 5) is 24.2. The van der Waals surface area contributed by atoms with E-state index >= 15 is 0 Å². The van der Waals surface area contributed by atoms with E-state index < -0.39 is 11.2 Å². The summed E-state index contributed by atoms with van der Waals surface area (Å²) >= 11 is 3.36. The highest BCUT2D eigenvalue weighted by Crippen LogP contribution is 2.38. The predicted molar refractivity (Wildman–Crippen MR) is 92.2 cm³/mol. The molecule has 8 nitrogen and oxygen atoms in total. The van der Waals surface area contributed by atoms with E-state index in [9.17, 15) is 14.9 Å². The molecule has 2 aromatic rings. The lowest BCUT2D eigenvalue weighted by molar-refractivity contribution is 0.390. The van der Waals surface area contributed by atoms with Gasteiger partial charge >= 0.3 is 5.69 Å². The van der Waals surface area contributed by atoms with Crippen LogP contribution in [0.15, 0.2) is 26.2 Å². The number of rotatable bonds is 4. The second-order valence-electron chi connectivity index (χ2n) is 4.86. The number of methoxy groups -OCH3 is 2. The van der Waals surface area contributed by atoms with Crippen LogP contribution >= 0.6 is 15.9 Å². The maximum absolute atomic E-state index is 12.1. The quantitative estimate of drug-likeness (QED) is 0.842. The van der Waals surface area contributed by atoms with Gasteiger partial charge in [-0.25, -0.2) is 4.79 Å². The highest BCUT2D eigenvalue weighted by molar-refractivity contribution is 9.10. The Balaban J connectivity index is 2.68. The Hall–Kier alpha value is -2.73. The molecule has 1 heterocycles. The maximum Gasteiger partial charge on any atom is 0.332 e. The lowest BCUT2D eigenvalue weighted by Gasteiger charge is -2.16. The number of hydrogen-bond donors (Lipinski definition) is 1. The van der Waals surface area contributed by atoms with Gasteiger partial charge in [0.05, 0.1) is 14.2 Å². The zero-order valence-electron chi connectivity index (χ0n) is 13.5. The van der Waals surface area contributed by atoms with Crippen molar-refractivity contribution in [3.63, 3.8) is 0 Å². The van der Waals surface area contributed by atoms with Gasteiger partial charge in [-0.3, -0.25) is 13.9 Å². The average Bonchev–Trinajstić information content (AvgIpc) is 2.59. The topological polar surface area (TPSA) is 98.3 Å². The summed E-state index contributed by atoms with van der Waals surface area (Å²) in [5.74, 6) is 1.07. The third kappa shape index (κ3) is 2.88. The van der Waals surface area contributed by atoms with Crippen molar-refractivity contribution in [1.29, 1.82) is 5.26 Å². The summed E-state index contributed by atoms with van der Waals surface area (Å²) in [7, 11) is 5.79. The molecule has 1 aromatic carbocycles. The highest BCUT2D eigenvalue weighted by Gasteiger charge is 2.17. The van der Waals surface area contributed by atoms with Crippen LogP contribution in [0.1, 0.15) is 5.56 Å². The molecule has 0 spiro atoms. The van der Waals surface area contributed by atoms with Crippen molar-refractivity contribution in [3.05, 3.63) is 43.0 Å². The van der Waals surface area contributed by atoms with Gasteiger partial charge in [0.1, 0.15) is 27.9 Å². The number of nitrogens with zero attached hydrogens (tertiary/aromatic N) is 3. The summed E-state index contributed by atoms with van der Waals surface area (Å²) in [6, 6.07) is 5.13. The van der Waals surface area contributed by atoms with Crippen molar-refractivity contribution in [3.8, 4) is 17.6 Å². The maximum atomic E-state index is 12.1. The van der Waals surface area contributed by atoms with Gasteiger partial charge < -0.3 is 14.8 Å². The smallest absolute Gasteiger partial charge is 0.332 e. The fraction of sp³-hybridized carbons (Fsp3) is 0.267. The first-order valence-electron chi connectivity index (χ1n) is 6.74. The van der Waals surface area contributed by atoms with Crippen LogP contribution in [0.25, 0.3) is 0 Å². The van der Waals surface area contributed by atoms with Crippen molar-refractivity contribution in [1.82, 2.24) is 9.13 Å². The van der Waals surface area contributed by atoms with Gasteiger partial charge in [0.2, 0.25) is 0 Å². The lowest BCUT2D eigenvalue weighted by atomic mass is 10.2. The molecule has 0 atom stereocenters. The fourth-order valence-electron chi connectivity index (χ4n) is 2.17. The van der Waals surface area contributed by atoms with Crippen molar-refractivity contribution in [2.45, 2.75) is 0 Å². The zero-order chi connectivity index (χ0) is 18.0. The molecule has 0 aliphatic rings. The molecule has 0 unspecified atom stereocenters. The second-order valence-corrected chi connectivity index (χ2v) is 5.65. The minimum absolute atomic E-state index is 0.0945. The largest absolute Gasteiger partial charge is 0.495 e. The van der Waals surface area contributed by atoms with Crippen LogP contribution in [0, 0.1) is 11.3 Å². The van der Waals surface area contributed by atoms with Gasteiger partial charge in [-0.2, -0.15) is 5.26 Å². The molecule has 0 aliphatic heterocycles. The molecule has 0 radical (unpaired) electrons. The Morgan fingerprint density at radius 3 is 2.12 bits per heavy atom. The Bertz CT molecular complexity index is 931.